The Hall–Kier alpha value is -1.74. The van der Waals surface area contributed by atoms with Crippen LogP contribution in [0.3, 0.4) is 0 Å². The Kier molecular flexibility index (Phi) is 2.71. The molecule has 1 aromatic heterocycles. The summed E-state index contributed by atoms with van der Waals surface area (Å²) in [5, 5.41) is 0.546. The zero-order valence-electron chi connectivity index (χ0n) is 8.75. The third kappa shape index (κ3) is 2.09. The monoisotopic (exact) mass is 234 g/mol. The average molecular weight is 235 g/mol. The number of hydrogen-bond donors (Lipinski definition) is 2. The van der Waals surface area contributed by atoms with Crippen LogP contribution in [0.4, 0.5) is 5.69 Å². The van der Waals surface area contributed by atoms with Crippen LogP contribution in [-0.4, -0.2) is 4.98 Å². The van der Waals surface area contributed by atoms with Crippen molar-refractivity contribution in [1.82, 2.24) is 4.98 Å². The number of nitrogen functional groups attached to an aromatic ring is 1. The van der Waals surface area contributed by atoms with Gasteiger partial charge in [-0.3, -0.25) is 4.79 Å². The zero-order valence-corrected chi connectivity index (χ0v) is 9.51. The van der Waals surface area contributed by atoms with E-state index in [1.54, 1.807) is 12.1 Å². The van der Waals surface area contributed by atoms with E-state index >= 15 is 0 Å². The topological polar surface area (TPSA) is 58.9 Å². The van der Waals surface area contributed by atoms with Gasteiger partial charge in [-0.05, 0) is 30.7 Å². The molecule has 3 N–H and O–H groups in total. The number of H-pyrrole nitrogens is 1. The summed E-state index contributed by atoms with van der Waals surface area (Å²) in [6, 6.07) is 8.64. The molecule has 0 amide bonds. The maximum absolute atomic E-state index is 11.3. The van der Waals surface area contributed by atoms with Crippen LogP contribution >= 0.6 is 11.6 Å². The fourth-order valence-electron chi connectivity index (χ4n) is 1.60. The van der Waals surface area contributed by atoms with Crippen LogP contribution in [0.1, 0.15) is 5.69 Å². The third-order valence-corrected chi connectivity index (χ3v) is 2.60. The van der Waals surface area contributed by atoms with Gasteiger partial charge in [0.15, 0.2) is 0 Å². The smallest absolute Gasteiger partial charge is 0.248 e. The summed E-state index contributed by atoms with van der Waals surface area (Å²) < 4.78 is 0. The van der Waals surface area contributed by atoms with Gasteiger partial charge in [0, 0.05) is 23.0 Å². The quantitative estimate of drug-likeness (QED) is 0.745. The van der Waals surface area contributed by atoms with Gasteiger partial charge >= 0.3 is 0 Å². The van der Waals surface area contributed by atoms with Gasteiger partial charge in [-0.15, -0.1) is 0 Å². The van der Waals surface area contributed by atoms with Crippen LogP contribution in [0.25, 0.3) is 11.1 Å². The van der Waals surface area contributed by atoms with Gasteiger partial charge in [-0.2, -0.15) is 0 Å². The van der Waals surface area contributed by atoms with Gasteiger partial charge in [-0.25, -0.2) is 0 Å². The predicted octanol–water partition coefficient (Wildman–Crippen LogP) is 2.59. The number of nitrogens with one attached hydrogen (secondary N) is 1. The molecule has 3 nitrogen and oxygen atoms in total. The molecule has 2 rings (SSSR count). The van der Waals surface area contributed by atoms with Crippen molar-refractivity contribution in [2.45, 2.75) is 6.92 Å². The fraction of sp³-hybridized carbons (Fsp3) is 0.0833. The molecule has 0 unspecified atom stereocenters. The largest absolute Gasteiger partial charge is 0.399 e. The number of halogens is 1. The first kappa shape index (κ1) is 10.8. The number of nitrogens with two attached hydrogens (primary N) is 1. The van der Waals surface area contributed by atoms with Gasteiger partial charge in [0.25, 0.3) is 0 Å². The van der Waals surface area contributed by atoms with E-state index in [9.17, 15) is 4.79 Å². The van der Waals surface area contributed by atoms with Gasteiger partial charge in [0.2, 0.25) is 5.56 Å². The van der Waals surface area contributed by atoms with Gasteiger partial charge in [0.1, 0.15) is 0 Å². The average Bonchev–Trinajstić information content (AvgIpc) is 2.15. The Morgan fingerprint density at radius 2 is 2.00 bits per heavy atom. The Bertz CT molecular complexity index is 590. The maximum Gasteiger partial charge on any atom is 0.248 e. The number of aromatic nitrogens is 1. The highest BCUT2D eigenvalue weighted by Crippen LogP contribution is 2.28. The van der Waals surface area contributed by atoms with Crippen molar-refractivity contribution in [3.63, 3.8) is 0 Å². The predicted molar refractivity (Wildman–Crippen MR) is 66.7 cm³/mol. The van der Waals surface area contributed by atoms with E-state index in [0.29, 0.717) is 10.7 Å². The van der Waals surface area contributed by atoms with Crippen molar-refractivity contribution >= 4 is 17.3 Å². The Balaban J connectivity index is 2.63. The van der Waals surface area contributed by atoms with Crippen LogP contribution in [-0.2, 0) is 0 Å². The maximum atomic E-state index is 11.3. The Morgan fingerprint density at radius 1 is 1.25 bits per heavy atom. The molecule has 0 bridgehead atoms. The molecule has 0 aliphatic heterocycles. The van der Waals surface area contributed by atoms with Crippen molar-refractivity contribution in [3.8, 4) is 11.1 Å². The first-order valence-corrected chi connectivity index (χ1v) is 5.20. The first-order valence-electron chi connectivity index (χ1n) is 4.82. The molecule has 0 radical (unpaired) electrons. The second-order valence-electron chi connectivity index (χ2n) is 3.66. The standard InChI is InChI=1S/C12H11ClN2O/c1-7-4-8(5-12(16)15-7)10-3-2-9(14)6-11(10)13/h2-6H,14H2,1H3,(H,15,16). The van der Waals surface area contributed by atoms with E-state index in [1.165, 1.54) is 6.07 Å². The van der Waals surface area contributed by atoms with Crippen molar-refractivity contribution in [2.24, 2.45) is 0 Å². The normalized spacial score (nSPS) is 10.4. The minimum absolute atomic E-state index is 0.136. The van der Waals surface area contributed by atoms with E-state index < -0.39 is 0 Å². The highest BCUT2D eigenvalue weighted by molar-refractivity contribution is 6.33. The number of aryl methyl sites for hydroxylation is 1. The second-order valence-corrected chi connectivity index (χ2v) is 4.06. The van der Waals surface area contributed by atoms with E-state index in [1.807, 2.05) is 19.1 Å². The molecule has 1 heterocycles. The molecule has 4 heteroatoms. The number of rotatable bonds is 1. The molecule has 0 fully saturated rings. The summed E-state index contributed by atoms with van der Waals surface area (Å²) in [6.45, 7) is 1.83. The molecule has 0 saturated carbocycles. The van der Waals surface area contributed by atoms with E-state index in [4.69, 9.17) is 17.3 Å². The number of anilines is 1. The molecule has 0 aliphatic rings. The molecule has 2 aromatic rings. The van der Waals surface area contributed by atoms with Gasteiger partial charge in [0.05, 0.1) is 5.02 Å². The summed E-state index contributed by atoms with van der Waals surface area (Å²) in [5.74, 6) is 0. The minimum Gasteiger partial charge on any atom is -0.399 e. The minimum atomic E-state index is -0.136. The highest BCUT2D eigenvalue weighted by atomic mass is 35.5. The van der Waals surface area contributed by atoms with Crippen LogP contribution in [0, 0.1) is 6.92 Å². The summed E-state index contributed by atoms with van der Waals surface area (Å²) in [5.41, 5.74) is 8.49. The summed E-state index contributed by atoms with van der Waals surface area (Å²) in [4.78, 5) is 14.0. The number of aromatic amines is 1. The van der Waals surface area contributed by atoms with Crippen molar-refractivity contribution < 1.29 is 0 Å². The van der Waals surface area contributed by atoms with Gasteiger partial charge < -0.3 is 10.7 Å². The van der Waals surface area contributed by atoms with E-state index in [-0.39, 0.29) is 5.56 Å². The SMILES string of the molecule is Cc1cc(-c2ccc(N)cc2Cl)cc(=O)[nH]1. The summed E-state index contributed by atoms with van der Waals surface area (Å²) in [7, 11) is 0. The molecule has 0 atom stereocenters. The number of hydrogen-bond acceptors (Lipinski definition) is 2. The first-order chi connectivity index (χ1) is 7.56. The van der Waals surface area contributed by atoms with Crippen molar-refractivity contribution in [1.29, 1.82) is 0 Å². The molecule has 0 aliphatic carbocycles. The lowest BCUT2D eigenvalue weighted by Gasteiger charge is -2.05. The lowest BCUT2D eigenvalue weighted by Crippen LogP contribution is -2.05. The molecular weight excluding hydrogens is 224 g/mol. The lowest BCUT2D eigenvalue weighted by molar-refractivity contribution is 1.14. The zero-order chi connectivity index (χ0) is 11.7. The Labute approximate surface area is 97.9 Å². The van der Waals surface area contributed by atoms with E-state index in [0.717, 1.165) is 16.8 Å². The number of pyridine rings is 1. The van der Waals surface area contributed by atoms with Crippen LogP contribution < -0.4 is 11.3 Å². The summed E-state index contributed by atoms with van der Waals surface area (Å²) in [6.07, 6.45) is 0. The van der Waals surface area contributed by atoms with Crippen molar-refractivity contribution in [3.05, 3.63) is 51.4 Å². The third-order valence-electron chi connectivity index (χ3n) is 2.28. The summed E-state index contributed by atoms with van der Waals surface area (Å²) >= 11 is 6.08. The molecule has 16 heavy (non-hydrogen) atoms. The van der Waals surface area contributed by atoms with E-state index in [2.05, 4.69) is 4.98 Å². The Morgan fingerprint density at radius 3 is 2.62 bits per heavy atom. The molecule has 0 saturated heterocycles. The van der Waals surface area contributed by atoms with Crippen LogP contribution in [0.2, 0.25) is 5.02 Å². The van der Waals surface area contributed by atoms with Crippen molar-refractivity contribution in [2.75, 3.05) is 5.73 Å². The van der Waals surface area contributed by atoms with Crippen LogP contribution in [0.5, 0.6) is 0 Å². The fourth-order valence-corrected chi connectivity index (χ4v) is 1.90. The second kappa shape index (κ2) is 4.02. The van der Waals surface area contributed by atoms with Crippen LogP contribution in [0.15, 0.2) is 35.1 Å². The molecule has 82 valence electrons. The lowest BCUT2D eigenvalue weighted by atomic mass is 10.1. The molecule has 0 spiro atoms. The molecular formula is C12H11ClN2O. The highest BCUT2D eigenvalue weighted by Gasteiger charge is 2.05. The van der Waals surface area contributed by atoms with Gasteiger partial charge in [-0.1, -0.05) is 17.7 Å². The number of benzene rings is 1. The molecule has 1 aromatic carbocycles.